The normalized spacial score (nSPS) is 17.2. The Balaban J connectivity index is 1.73. The summed E-state index contributed by atoms with van der Waals surface area (Å²) in [5.41, 5.74) is -0.115. The van der Waals surface area contributed by atoms with E-state index in [0.29, 0.717) is 5.82 Å². The summed E-state index contributed by atoms with van der Waals surface area (Å²) in [6.07, 6.45) is 5.40. The van der Waals surface area contributed by atoms with E-state index in [9.17, 15) is 4.79 Å². The number of anilines is 1. The lowest BCUT2D eigenvalue weighted by atomic mass is 10.1. The summed E-state index contributed by atoms with van der Waals surface area (Å²) in [5, 5.41) is 3.16. The Bertz CT molecular complexity index is 370. The molecule has 2 N–H and O–H groups in total. The number of nitrogens with zero attached hydrogens (tertiary/aromatic N) is 2. The number of likely N-dealkylation sites (tertiary alicyclic amines) is 1. The van der Waals surface area contributed by atoms with Crippen molar-refractivity contribution in [3.63, 3.8) is 0 Å². The monoisotopic (exact) mass is 222 g/mol. The highest BCUT2D eigenvalue weighted by Gasteiger charge is 2.08. The van der Waals surface area contributed by atoms with Gasteiger partial charge in [-0.2, -0.15) is 0 Å². The number of hydrogen-bond donors (Lipinski definition) is 2. The number of aromatic nitrogens is 2. The molecule has 0 radical (unpaired) electrons. The van der Waals surface area contributed by atoms with Gasteiger partial charge >= 0.3 is 0 Å². The van der Waals surface area contributed by atoms with E-state index >= 15 is 0 Å². The van der Waals surface area contributed by atoms with Gasteiger partial charge in [0.05, 0.1) is 6.33 Å². The van der Waals surface area contributed by atoms with Crippen LogP contribution < -0.4 is 10.9 Å². The molecule has 0 spiro atoms. The summed E-state index contributed by atoms with van der Waals surface area (Å²) >= 11 is 0. The minimum Gasteiger partial charge on any atom is -0.369 e. The molecule has 0 unspecified atom stereocenters. The van der Waals surface area contributed by atoms with Gasteiger partial charge in [-0.25, -0.2) is 4.98 Å². The van der Waals surface area contributed by atoms with Crippen LogP contribution in [0.3, 0.4) is 0 Å². The molecule has 5 nitrogen and oxygen atoms in total. The molecule has 5 heteroatoms. The molecule has 1 aliphatic rings. The van der Waals surface area contributed by atoms with Crippen molar-refractivity contribution in [3.8, 4) is 0 Å². The Kier molecular flexibility index (Phi) is 3.93. The Morgan fingerprint density at radius 3 is 2.94 bits per heavy atom. The maximum atomic E-state index is 11.0. The van der Waals surface area contributed by atoms with Gasteiger partial charge in [0.2, 0.25) is 0 Å². The van der Waals surface area contributed by atoms with Crippen molar-refractivity contribution in [1.29, 1.82) is 0 Å². The summed E-state index contributed by atoms with van der Waals surface area (Å²) in [5.74, 6) is 0.653. The van der Waals surface area contributed by atoms with Crippen LogP contribution in [0.2, 0.25) is 0 Å². The fraction of sp³-hybridized carbons (Fsp3) is 0.636. The van der Waals surface area contributed by atoms with E-state index in [-0.39, 0.29) is 5.56 Å². The SMILES string of the molecule is O=c1cc(NCCN2CCCCC2)nc[nH]1. The summed E-state index contributed by atoms with van der Waals surface area (Å²) in [7, 11) is 0. The molecule has 1 aliphatic heterocycles. The van der Waals surface area contributed by atoms with Crippen molar-refractivity contribution < 1.29 is 0 Å². The second-order valence-electron chi connectivity index (χ2n) is 4.13. The quantitative estimate of drug-likeness (QED) is 0.786. The molecule has 0 saturated carbocycles. The first-order valence-electron chi connectivity index (χ1n) is 5.85. The van der Waals surface area contributed by atoms with Gasteiger partial charge in [-0.1, -0.05) is 6.42 Å². The van der Waals surface area contributed by atoms with Crippen molar-refractivity contribution in [2.75, 3.05) is 31.5 Å². The van der Waals surface area contributed by atoms with E-state index in [1.165, 1.54) is 44.7 Å². The van der Waals surface area contributed by atoms with Crippen molar-refractivity contribution in [2.45, 2.75) is 19.3 Å². The molecule has 0 aliphatic carbocycles. The molecular formula is C11H18N4O. The molecular weight excluding hydrogens is 204 g/mol. The Labute approximate surface area is 94.9 Å². The van der Waals surface area contributed by atoms with E-state index in [1.807, 2.05) is 0 Å². The van der Waals surface area contributed by atoms with Crippen LogP contribution in [-0.4, -0.2) is 41.0 Å². The number of H-pyrrole nitrogens is 1. The minimum atomic E-state index is -0.115. The van der Waals surface area contributed by atoms with Gasteiger partial charge in [-0.15, -0.1) is 0 Å². The number of piperidine rings is 1. The van der Waals surface area contributed by atoms with E-state index in [4.69, 9.17) is 0 Å². The highest BCUT2D eigenvalue weighted by Crippen LogP contribution is 2.07. The second-order valence-corrected chi connectivity index (χ2v) is 4.13. The maximum Gasteiger partial charge on any atom is 0.252 e. The third-order valence-corrected chi connectivity index (χ3v) is 2.86. The zero-order chi connectivity index (χ0) is 11.2. The van der Waals surface area contributed by atoms with Crippen LogP contribution in [0, 0.1) is 0 Å². The van der Waals surface area contributed by atoms with Gasteiger partial charge in [-0.3, -0.25) is 4.79 Å². The second kappa shape index (κ2) is 5.65. The zero-order valence-corrected chi connectivity index (χ0v) is 9.41. The van der Waals surface area contributed by atoms with Gasteiger partial charge in [0.15, 0.2) is 0 Å². The number of nitrogens with one attached hydrogen (secondary N) is 2. The number of aromatic amines is 1. The minimum absolute atomic E-state index is 0.115. The third-order valence-electron chi connectivity index (χ3n) is 2.86. The van der Waals surface area contributed by atoms with Crippen LogP contribution in [0.5, 0.6) is 0 Å². The first-order chi connectivity index (χ1) is 7.84. The molecule has 1 aromatic heterocycles. The molecule has 16 heavy (non-hydrogen) atoms. The predicted molar refractivity (Wildman–Crippen MR) is 63.6 cm³/mol. The van der Waals surface area contributed by atoms with Crippen LogP contribution in [0.25, 0.3) is 0 Å². The molecule has 0 atom stereocenters. The van der Waals surface area contributed by atoms with Crippen LogP contribution >= 0.6 is 0 Å². The van der Waals surface area contributed by atoms with Gasteiger partial charge in [-0.05, 0) is 25.9 Å². The maximum absolute atomic E-state index is 11.0. The first-order valence-corrected chi connectivity index (χ1v) is 5.85. The molecule has 1 saturated heterocycles. The van der Waals surface area contributed by atoms with E-state index in [1.54, 1.807) is 0 Å². The largest absolute Gasteiger partial charge is 0.369 e. The molecule has 88 valence electrons. The van der Waals surface area contributed by atoms with Crippen LogP contribution in [0.1, 0.15) is 19.3 Å². The van der Waals surface area contributed by atoms with E-state index in [0.717, 1.165) is 13.1 Å². The predicted octanol–water partition coefficient (Wildman–Crippen LogP) is 0.668. The molecule has 1 aromatic rings. The van der Waals surface area contributed by atoms with Crippen molar-refractivity contribution in [1.82, 2.24) is 14.9 Å². The van der Waals surface area contributed by atoms with Crippen molar-refractivity contribution >= 4 is 5.82 Å². The van der Waals surface area contributed by atoms with Crippen LogP contribution in [0.15, 0.2) is 17.2 Å². The van der Waals surface area contributed by atoms with Gasteiger partial charge in [0.1, 0.15) is 5.82 Å². The lowest BCUT2D eigenvalue weighted by Crippen LogP contribution is -2.33. The fourth-order valence-corrected chi connectivity index (χ4v) is 1.99. The Morgan fingerprint density at radius 2 is 2.19 bits per heavy atom. The average molecular weight is 222 g/mol. The van der Waals surface area contributed by atoms with E-state index < -0.39 is 0 Å². The molecule has 0 bridgehead atoms. The smallest absolute Gasteiger partial charge is 0.252 e. The highest BCUT2D eigenvalue weighted by atomic mass is 16.1. The average Bonchev–Trinajstić information content (AvgIpc) is 2.30. The summed E-state index contributed by atoms with van der Waals surface area (Å²) < 4.78 is 0. The first kappa shape index (κ1) is 11.1. The van der Waals surface area contributed by atoms with Gasteiger partial charge < -0.3 is 15.2 Å². The Hall–Kier alpha value is -1.36. The zero-order valence-electron chi connectivity index (χ0n) is 9.41. The Morgan fingerprint density at radius 1 is 1.38 bits per heavy atom. The topological polar surface area (TPSA) is 61.0 Å². The van der Waals surface area contributed by atoms with Gasteiger partial charge in [0.25, 0.3) is 5.56 Å². The van der Waals surface area contributed by atoms with E-state index in [2.05, 4.69) is 20.2 Å². The molecule has 0 aromatic carbocycles. The molecule has 0 amide bonds. The molecule has 2 rings (SSSR count). The molecule has 2 heterocycles. The summed E-state index contributed by atoms with van der Waals surface area (Å²) in [4.78, 5) is 20.0. The summed E-state index contributed by atoms with van der Waals surface area (Å²) in [6.45, 7) is 4.26. The fourth-order valence-electron chi connectivity index (χ4n) is 1.99. The third kappa shape index (κ3) is 3.34. The van der Waals surface area contributed by atoms with Crippen LogP contribution in [0.4, 0.5) is 5.82 Å². The lowest BCUT2D eigenvalue weighted by Gasteiger charge is -2.26. The molecule has 1 fully saturated rings. The van der Waals surface area contributed by atoms with Gasteiger partial charge in [0, 0.05) is 19.2 Å². The van der Waals surface area contributed by atoms with Crippen LogP contribution in [-0.2, 0) is 0 Å². The van der Waals surface area contributed by atoms with Crippen molar-refractivity contribution in [3.05, 3.63) is 22.7 Å². The number of hydrogen-bond acceptors (Lipinski definition) is 4. The highest BCUT2D eigenvalue weighted by molar-refractivity contribution is 5.31. The summed E-state index contributed by atoms with van der Waals surface area (Å²) in [6, 6.07) is 1.48. The van der Waals surface area contributed by atoms with Crippen molar-refractivity contribution in [2.24, 2.45) is 0 Å². The lowest BCUT2D eigenvalue weighted by molar-refractivity contribution is 0.237. The number of rotatable bonds is 4. The standard InChI is InChI=1S/C11H18N4O/c16-11-8-10(13-9-14-11)12-4-7-15-5-2-1-3-6-15/h8-9H,1-7H2,(H2,12,13,14,16).